The van der Waals surface area contributed by atoms with E-state index in [9.17, 15) is 18.5 Å². The van der Waals surface area contributed by atoms with Crippen molar-refractivity contribution in [3.63, 3.8) is 0 Å². The molecule has 0 unspecified atom stereocenters. The predicted molar refractivity (Wildman–Crippen MR) is 78.7 cm³/mol. The monoisotopic (exact) mass is 326 g/mol. The van der Waals surface area contributed by atoms with E-state index >= 15 is 0 Å². The third-order valence-electron chi connectivity index (χ3n) is 2.49. The van der Waals surface area contributed by atoms with Gasteiger partial charge in [-0.2, -0.15) is 12.8 Å². The summed E-state index contributed by atoms with van der Waals surface area (Å²) in [7, 11) is -2.46. The summed E-state index contributed by atoms with van der Waals surface area (Å²) in [4.78, 5) is 10.3. The van der Waals surface area contributed by atoms with Crippen molar-refractivity contribution < 1.29 is 18.1 Å². The second-order valence-corrected chi connectivity index (χ2v) is 6.64. The first-order valence-corrected chi connectivity index (χ1v) is 7.92. The quantitative estimate of drug-likeness (QED) is 0.477. The third-order valence-corrected chi connectivity index (χ3v) is 5.10. The molecule has 2 aromatic rings. The smallest absolute Gasteiger partial charge is 0.311 e. The van der Waals surface area contributed by atoms with E-state index in [1.165, 1.54) is 31.4 Å². The van der Waals surface area contributed by atoms with Crippen LogP contribution in [-0.4, -0.2) is 26.7 Å². The molecular weight excluding hydrogens is 316 g/mol. The van der Waals surface area contributed by atoms with E-state index in [4.69, 9.17) is 4.74 Å². The van der Waals surface area contributed by atoms with Crippen molar-refractivity contribution >= 4 is 33.3 Å². The van der Waals surface area contributed by atoms with Gasteiger partial charge >= 0.3 is 5.69 Å². The Bertz CT molecular complexity index is 782. The lowest BCUT2D eigenvalue weighted by Gasteiger charge is -2.01. The van der Waals surface area contributed by atoms with E-state index in [2.05, 4.69) is 4.40 Å². The van der Waals surface area contributed by atoms with Crippen LogP contribution in [0.2, 0.25) is 0 Å². The molecule has 1 aromatic heterocycles. The van der Waals surface area contributed by atoms with Crippen molar-refractivity contribution in [1.82, 2.24) is 0 Å². The molecule has 0 aliphatic heterocycles. The summed E-state index contributed by atoms with van der Waals surface area (Å²) in [6.45, 7) is 0. The first kappa shape index (κ1) is 15.1. The van der Waals surface area contributed by atoms with Crippen molar-refractivity contribution in [2.75, 3.05) is 7.11 Å². The second kappa shape index (κ2) is 6.02. The van der Waals surface area contributed by atoms with Crippen LogP contribution in [0.3, 0.4) is 0 Å². The molecule has 1 aromatic carbocycles. The van der Waals surface area contributed by atoms with Gasteiger partial charge in [0.05, 0.1) is 12.0 Å². The van der Waals surface area contributed by atoms with E-state index in [1.807, 2.05) is 0 Å². The molecule has 0 radical (unpaired) electrons. The minimum atomic E-state index is -3.78. The molecule has 0 atom stereocenters. The van der Waals surface area contributed by atoms with Gasteiger partial charge in [0.2, 0.25) is 0 Å². The predicted octanol–water partition coefficient (Wildman–Crippen LogP) is 2.47. The number of benzene rings is 1. The number of methoxy groups -OCH3 is 1. The van der Waals surface area contributed by atoms with Crippen molar-refractivity contribution in [3.8, 4) is 5.75 Å². The van der Waals surface area contributed by atoms with Crippen LogP contribution in [0, 0.1) is 10.1 Å². The fraction of sp³-hybridized carbons (Fsp3) is 0.0833. The van der Waals surface area contributed by atoms with Crippen molar-refractivity contribution in [1.29, 1.82) is 0 Å². The van der Waals surface area contributed by atoms with Gasteiger partial charge < -0.3 is 4.74 Å². The van der Waals surface area contributed by atoms with Gasteiger partial charge in [-0.15, -0.1) is 11.3 Å². The number of ether oxygens (including phenoxy) is 1. The van der Waals surface area contributed by atoms with Crippen molar-refractivity contribution in [3.05, 3.63) is 51.4 Å². The topological polar surface area (TPSA) is 98.9 Å². The number of rotatable bonds is 5. The summed E-state index contributed by atoms with van der Waals surface area (Å²) in [5, 5.41) is 12.5. The first-order chi connectivity index (χ1) is 9.94. The highest BCUT2D eigenvalue weighted by Gasteiger charge is 2.16. The van der Waals surface area contributed by atoms with Crippen LogP contribution >= 0.6 is 11.3 Å². The molecule has 0 spiro atoms. The van der Waals surface area contributed by atoms with E-state index < -0.39 is 14.9 Å². The van der Waals surface area contributed by atoms with E-state index in [0.29, 0.717) is 5.56 Å². The average Bonchev–Trinajstić information content (AvgIpc) is 3.00. The Labute approximate surface area is 124 Å². The largest absolute Gasteiger partial charge is 0.490 e. The van der Waals surface area contributed by atoms with Crippen LogP contribution in [-0.2, 0) is 10.0 Å². The molecule has 0 saturated heterocycles. The Morgan fingerprint density at radius 2 is 2.14 bits per heavy atom. The van der Waals surface area contributed by atoms with Gasteiger partial charge in [-0.1, -0.05) is 6.07 Å². The van der Waals surface area contributed by atoms with Gasteiger partial charge in [-0.05, 0) is 23.6 Å². The molecule has 21 heavy (non-hydrogen) atoms. The minimum Gasteiger partial charge on any atom is -0.490 e. The molecule has 0 fully saturated rings. The lowest BCUT2D eigenvalue weighted by molar-refractivity contribution is -0.385. The second-order valence-electron chi connectivity index (χ2n) is 3.83. The zero-order valence-corrected chi connectivity index (χ0v) is 12.4. The van der Waals surface area contributed by atoms with E-state index in [-0.39, 0.29) is 15.6 Å². The molecule has 0 amide bonds. The number of nitrogens with zero attached hydrogens (tertiary/aromatic N) is 2. The zero-order valence-electron chi connectivity index (χ0n) is 10.8. The van der Waals surface area contributed by atoms with E-state index in [0.717, 1.165) is 17.6 Å². The SMILES string of the molecule is COc1ccc(/C=N\S(=O)(=O)c2cccs2)cc1[N+](=O)[O-]. The van der Waals surface area contributed by atoms with Gasteiger partial charge in [-0.25, -0.2) is 0 Å². The molecule has 0 saturated carbocycles. The standard InChI is InChI=1S/C12H10N2O5S2/c1-19-11-5-4-9(7-10(11)14(15)16)8-13-21(17,18)12-3-2-6-20-12/h2-8H,1H3/b13-8-. The summed E-state index contributed by atoms with van der Waals surface area (Å²) >= 11 is 1.05. The maximum atomic E-state index is 11.9. The lowest BCUT2D eigenvalue weighted by Crippen LogP contribution is -1.97. The lowest BCUT2D eigenvalue weighted by atomic mass is 10.2. The zero-order chi connectivity index (χ0) is 15.5. The molecule has 2 rings (SSSR count). The maximum absolute atomic E-state index is 11.9. The molecule has 0 aliphatic rings. The maximum Gasteiger partial charge on any atom is 0.311 e. The molecule has 0 aliphatic carbocycles. The minimum absolute atomic E-state index is 0.0956. The van der Waals surface area contributed by atoms with Crippen molar-refractivity contribution in [2.45, 2.75) is 4.21 Å². The Kier molecular flexibility index (Phi) is 4.34. The molecule has 110 valence electrons. The van der Waals surface area contributed by atoms with Gasteiger partial charge in [0.1, 0.15) is 4.21 Å². The number of nitro groups is 1. The third kappa shape index (κ3) is 3.44. The highest BCUT2D eigenvalue weighted by atomic mass is 32.2. The summed E-state index contributed by atoms with van der Waals surface area (Å²) in [5.41, 5.74) is 0.0394. The van der Waals surface area contributed by atoms with E-state index in [1.54, 1.807) is 11.4 Å². The Balaban J connectivity index is 2.34. The fourth-order valence-corrected chi connectivity index (χ4v) is 3.37. The number of thiophene rings is 1. The molecule has 9 heteroatoms. The summed E-state index contributed by atoms with van der Waals surface area (Å²) < 4.78 is 32.2. The average molecular weight is 326 g/mol. The highest BCUT2D eigenvalue weighted by Crippen LogP contribution is 2.27. The van der Waals surface area contributed by atoms with Gasteiger partial charge in [0.25, 0.3) is 10.0 Å². The van der Waals surface area contributed by atoms with Crippen LogP contribution in [0.25, 0.3) is 0 Å². The fourth-order valence-electron chi connectivity index (χ4n) is 1.52. The number of hydrogen-bond donors (Lipinski definition) is 0. The molecule has 0 N–H and O–H groups in total. The molecule has 0 bridgehead atoms. The normalized spacial score (nSPS) is 11.7. The molecule has 1 heterocycles. The Morgan fingerprint density at radius 3 is 2.71 bits per heavy atom. The van der Waals surface area contributed by atoms with Crippen LogP contribution in [0.4, 0.5) is 5.69 Å². The molecule has 7 nitrogen and oxygen atoms in total. The highest BCUT2D eigenvalue weighted by molar-refractivity contribution is 7.92. The van der Waals surface area contributed by atoms with Gasteiger partial charge in [-0.3, -0.25) is 10.1 Å². The summed E-state index contributed by atoms with van der Waals surface area (Å²) in [6.07, 6.45) is 1.07. The van der Waals surface area contributed by atoms with Crippen LogP contribution < -0.4 is 4.74 Å². The Hall–Kier alpha value is -2.26. The van der Waals surface area contributed by atoms with Crippen LogP contribution in [0.5, 0.6) is 5.75 Å². The summed E-state index contributed by atoms with van der Waals surface area (Å²) in [5.74, 6) is 0.0956. The van der Waals surface area contributed by atoms with Gasteiger partial charge in [0.15, 0.2) is 5.75 Å². The number of sulfonamides is 1. The van der Waals surface area contributed by atoms with Gasteiger partial charge in [0, 0.05) is 17.8 Å². The first-order valence-electron chi connectivity index (χ1n) is 5.60. The van der Waals surface area contributed by atoms with Crippen molar-refractivity contribution in [2.24, 2.45) is 4.40 Å². The molecular formula is C12H10N2O5S2. The number of nitro benzene ring substituents is 1. The van der Waals surface area contributed by atoms with Crippen LogP contribution in [0.1, 0.15) is 5.56 Å². The van der Waals surface area contributed by atoms with Crippen LogP contribution in [0.15, 0.2) is 44.3 Å². The summed E-state index contributed by atoms with van der Waals surface area (Å²) in [6, 6.07) is 7.11. The Morgan fingerprint density at radius 1 is 1.38 bits per heavy atom. The number of hydrogen-bond acceptors (Lipinski definition) is 6.